The molecule has 1 aliphatic heterocycles. The molecule has 1 aromatic carbocycles. The van der Waals surface area contributed by atoms with Crippen LogP contribution in [0, 0.1) is 6.92 Å². The number of nitrogens with one attached hydrogen (secondary N) is 2. The van der Waals surface area contributed by atoms with Crippen LogP contribution in [0.25, 0.3) is 10.9 Å². The highest BCUT2D eigenvalue weighted by atomic mass is 16.2. The van der Waals surface area contributed by atoms with Gasteiger partial charge in [-0.05, 0) is 37.5 Å². The normalized spacial score (nSPS) is 18.0. The van der Waals surface area contributed by atoms with E-state index in [1.807, 2.05) is 31.3 Å². The van der Waals surface area contributed by atoms with Crippen molar-refractivity contribution in [1.29, 1.82) is 0 Å². The smallest absolute Gasteiger partial charge is 0.253 e. The molecule has 2 N–H and O–H groups in total. The predicted octanol–water partition coefficient (Wildman–Crippen LogP) is 2.38. The fourth-order valence-corrected chi connectivity index (χ4v) is 3.17. The van der Waals surface area contributed by atoms with Crippen LogP contribution in [-0.2, 0) is 4.79 Å². The number of para-hydroxylation sites is 1. The molecule has 0 spiro atoms. The molecule has 1 fully saturated rings. The first-order valence-corrected chi connectivity index (χ1v) is 7.89. The number of carbonyl (C=O) groups is 2. The van der Waals surface area contributed by atoms with Crippen molar-refractivity contribution in [1.82, 2.24) is 15.2 Å². The first kappa shape index (κ1) is 15.3. The average Bonchev–Trinajstić information content (AvgIpc) is 2.95. The summed E-state index contributed by atoms with van der Waals surface area (Å²) in [5.41, 5.74) is 2.62. The Bertz CT molecular complexity index is 763. The van der Waals surface area contributed by atoms with Crippen LogP contribution in [0.2, 0.25) is 0 Å². The Labute approximate surface area is 135 Å². The zero-order chi connectivity index (χ0) is 16.4. The number of H-pyrrole nitrogens is 1. The van der Waals surface area contributed by atoms with E-state index in [4.69, 9.17) is 0 Å². The second kappa shape index (κ2) is 6.28. The summed E-state index contributed by atoms with van der Waals surface area (Å²) in [6.07, 6.45) is 5.00. The molecular weight excluding hydrogens is 290 g/mol. The van der Waals surface area contributed by atoms with Gasteiger partial charge >= 0.3 is 0 Å². The van der Waals surface area contributed by atoms with Crippen molar-refractivity contribution in [3.05, 3.63) is 48.2 Å². The summed E-state index contributed by atoms with van der Waals surface area (Å²) in [5, 5.41) is 4.12. The Balaban J connectivity index is 1.75. The minimum Gasteiger partial charge on any atom is -0.360 e. The molecule has 120 valence electrons. The van der Waals surface area contributed by atoms with Crippen LogP contribution in [0.4, 0.5) is 0 Å². The van der Waals surface area contributed by atoms with E-state index in [1.165, 1.54) is 6.08 Å². The summed E-state index contributed by atoms with van der Waals surface area (Å²) >= 11 is 0. The molecule has 0 radical (unpaired) electrons. The van der Waals surface area contributed by atoms with Gasteiger partial charge < -0.3 is 15.2 Å². The van der Waals surface area contributed by atoms with Gasteiger partial charge in [-0.15, -0.1) is 0 Å². The fraction of sp³-hybridized carbons (Fsp3) is 0.333. The van der Waals surface area contributed by atoms with Crippen LogP contribution in [-0.4, -0.2) is 40.8 Å². The molecule has 2 aromatic rings. The Morgan fingerprint density at radius 2 is 2.26 bits per heavy atom. The molecule has 1 unspecified atom stereocenters. The lowest BCUT2D eigenvalue weighted by Gasteiger charge is -2.32. The minimum absolute atomic E-state index is 0.0218. The van der Waals surface area contributed by atoms with Gasteiger partial charge in [0.2, 0.25) is 5.91 Å². The van der Waals surface area contributed by atoms with Gasteiger partial charge in [-0.3, -0.25) is 9.59 Å². The maximum Gasteiger partial charge on any atom is 0.253 e. The number of likely N-dealkylation sites (tertiary alicyclic amines) is 1. The highest BCUT2D eigenvalue weighted by molar-refractivity contribution is 6.06. The lowest BCUT2D eigenvalue weighted by molar-refractivity contribution is -0.127. The Hall–Kier alpha value is -2.56. The molecule has 1 aromatic heterocycles. The quantitative estimate of drug-likeness (QED) is 0.855. The lowest BCUT2D eigenvalue weighted by atomic mass is 10.0. The van der Waals surface area contributed by atoms with Crippen molar-refractivity contribution < 1.29 is 9.59 Å². The molecule has 2 heterocycles. The maximum absolute atomic E-state index is 12.6. The van der Waals surface area contributed by atoms with Crippen LogP contribution in [0.15, 0.2) is 37.1 Å². The number of amides is 2. The second-order valence-corrected chi connectivity index (χ2v) is 6.00. The van der Waals surface area contributed by atoms with Crippen molar-refractivity contribution in [3.8, 4) is 0 Å². The topological polar surface area (TPSA) is 65.2 Å². The van der Waals surface area contributed by atoms with Crippen molar-refractivity contribution in [2.24, 2.45) is 0 Å². The molecule has 0 bridgehead atoms. The maximum atomic E-state index is 12.6. The van der Waals surface area contributed by atoms with E-state index in [2.05, 4.69) is 16.9 Å². The van der Waals surface area contributed by atoms with Crippen molar-refractivity contribution in [2.75, 3.05) is 13.1 Å². The average molecular weight is 311 g/mol. The van der Waals surface area contributed by atoms with Crippen LogP contribution in [0.3, 0.4) is 0 Å². The molecule has 0 aliphatic carbocycles. The summed E-state index contributed by atoms with van der Waals surface area (Å²) in [5.74, 6) is -0.179. The number of benzene rings is 1. The summed E-state index contributed by atoms with van der Waals surface area (Å²) in [6.45, 7) is 6.80. The van der Waals surface area contributed by atoms with Crippen LogP contribution in [0.1, 0.15) is 28.8 Å². The third kappa shape index (κ3) is 2.99. The van der Waals surface area contributed by atoms with E-state index in [9.17, 15) is 9.59 Å². The van der Waals surface area contributed by atoms with Crippen molar-refractivity contribution in [2.45, 2.75) is 25.8 Å². The van der Waals surface area contributed by atoms with Crippen LogP contribution < -0.4 is 5.32 Å². The Kier molecular flexibility index (Phi) is 4.19. The fourth-order valence-electron chi connectivity index (χ4n) is 3.17. The number of aryl methyl sites for hydroxylation is 1. The number of rotatable bonds is 3. The van der Waals surface area contributed by atoms with E-state index >= 15 is 0 Å². The summed E-state index contributed by atoms with van der Waals surface area (Å²) in [7, 11) is 0. The molecule has 1 atom stereocenters. The van der Waals surface area contributed by atoms with E-state index in [0.29, 0.717) is 12.1 Å². The van der Waals surface area contributed by atoms with Gasteiger partial charge in [-0.25, -0.2) is 0 Å². The molecule has 5 nitrogen and oxygen atoms in total. The van der Waals surface area contributed by atoms with E-state index in [-0.39, 0.29) is 17.9 Å². The van der Waals surface area contributed by atoms with Gasteiger partial charge in [-0.1, -0.05) is 18.7 Å². The zero-order valence-electron chi connectivity index (χ0n) is 13.3. The van der Waals surface area contributed by atoms with E-state index in [1.54, 1.807) is 4.90 Å². The molecule has 2 amide bonds. The lowest BCUT2D eigenvalue weighted by Crippen LogP contribution is -2.49. The largest absolute Gasteiger partial charge is 0.360 e. The Morgan fingerprint density at radius 3 is 3.04 bits per heavy atom. The summed E-state index contributed by atoms with van der Waals surface area (Å²) in [4.78, 5) is 29.3. The molecule has 0 saturated carbocycles. The summed E-state index contributed by atoms with van der Waals surface area (Å²) in [6, 6.07) is 5.70. The van der Waals surface area contributed by atoms with Gasteiger partial charge in [0.05, 0.1) is 11.1 Å². The van der Waals surface area contributed by atoms with Gasteiger partial charge in [0.15, 0.2) is 0 Å². The third-order valence-electron chi connectivity index (χ3n) is 4.41. The highest BCUT2D eigenvalue weighted by Crippen LogP contribution is 2.21. The van der Waals surface area contributed by atoms with E-state index in [0.717, 1.165) is 35.9 Å². The number of fused-ring (bicyclic) bond motifs is 1. The number of aromatic nitrogens is 1. The number of hydrogen-bond acceptors (Lipinski definition) is 2. The molecule has 1 aliphatic rings. The minimum atomic E-state index is -0.102. The number of nitrogens with zero attached hydrogens (tertiary/aromatic N) is 1. The van der Waals surface area contributed by atoms with E-state index < -0.39 is 0 Å². The standard InChI is InChI=1S/C18H21N3O2/c1-3-16(22)21-9-5-6-13(11-21)20-18(23)15-8-4-7-14-12(2)10-19-17(14)15/h3-4,7-8,10,13,19H,1,5-6,9,11H2,2H3,(H,20,23). The number of piperidine rings is 1. The third-order valence-corrected chi connectivity index (χ3v) is 4.41. The molecule has 23 heavy (non-hydrogen) atoms. The van der Waals surface area contributed by atoms with Crippen LogP contribution >= 0.6 is 0 Å². The van der Waals surface area contributed by atoms with Crippen molar-refractivity contribution >= 4 is 22.7 Å². The monoisotopic (exact) mass is 311 g/mol. The highest BCUT2D eigenvalue weighted by Gasteiger charge is 2.24. The molecule has 3 rings (SSSR count). The zero-order valence-corrected chi connectivity index (χ0v) is 13.3. The Morgan fingerprint density at radius 1 is 1.43 bits per heavy atom. The molecule has 5 heteroatoms. The summed E-state index contributed by atoms with van der Waals surface area (Å²) < 4.78 is 0. The van der Waals surface area contributed by atoms with Gasteiger partial charge in [0.25, 0.3) is 5.91 Å². The number of carbonyl (C=O) groups excluding carboxylic acids is 2. The molecular formula is C18H21N3O2. The van der Waals surface area contributed by atoms with Crippen molar-refractivity contribution in [3.63, 3.8) is 0 Å². The molecule has 1 saturated heterocycles. The number of hydrogen-bond donors (Lipinski definition) is 2. The van der Waals surface area contributed by atoms with Crippen LogP contribution in [0.5, 0.6) is 0 Å². The second-order valence-electron chi connectivity index (χ2n) is 6.00. The van der Waals surface area contributed by atoms with Gasteiger partial charge in [0, 0.05) is 30.7 Å². The van der Waals surface area contributed by atoms with Gasteiger partial charge in [-0.2, -0.15) is 0 Å². The first-order valence-electron chi connectivity index (χ1n) is 7.89. The first-order chi connectivity index (χ1) is 11.1. The number of aromatic amines is 1. The SMILES string of the molecule is C=CC(=O)N1CCCC(NC(=O)c2cccc3c(C)c[nH]c23)C1. The predicted molar refractivity (Wildman–Crippen MR) is 90.3 cm³/mol. The van der Waals surface area contributed by atoms with Gasteiger partial charge in [0.1, 0.15) is 0 Å².